The minimum Gasteiger partial charge on any atom is -0.381 e. The number of likely N-dealkylation sites (tertiary alicyclic amines) is 1. The Balaban J connectivity index is 1.74. The zero-order valence-corrected chi connectivity index (χ0v) is 13.1. The molecular weight excluding hydrogens is 254 g/mol. The summed E-state index contributed by atoms with van der Waals surface area (Å²) in [6.07, 6.45) is 7.21. The van der Waals surface area contributed by atoms with Crippen LogP contribution >= 0.6 is 0 Å². The molecule has 0 aromatic carbocycles. The van der Waals surface area contributed by atoms with Crippen molar-refractivity contribution in [1.29, 1.82) is 0 Å². The van der Waals surface area contributed by atoms with Crippen LogP contribution in [-0.2, 0) is 14.3 Å². The highest BCUT2D eigenvalue weighted by atomic mass is 16.5. The van der Waals surface area contributed by atoms with Gasteiger partial charge < -0.3 is 14.4 Å². The van der Waals surface area contributed by atoms with Crippen LogP contribution in [0.25, 0.3) is 0 Å². The Labute approximate surface area is 122 Å². The molecule has 1 amide bonds. The van der Waals surface area contributed by atoms with Gasteiger partial charge in [-0.25, -0.2) is 0 Å². The summed E-state index contributed by atoms with van der Waals surface area (Å²) in [6, 6.07) is 0.259. The van der Waals surface area contributed by atoms with Crippen molar-refractivity contribution in [2.24, 2.45) is 5.92 Å². The zero-order valence-electron chi connectivity index (χ0n) is 13.1. The van der Waals surface area contributed by atoms with Crippen LogP contribution < -0.4 is 0 Å². The van der Waals surface area contributed by atoms with E-state index in [0.717, 1.165) is 38.1 Å². The number of hydrogen-bond donors (Lipinski definition) is 0. The number of carbonyl (C=O) groups excluding carboxylic acids is 1. The van der Waals surface area contributed by atoms with E-state index in [1.54, 1.807) is 7.11 Å². The van der Waals surface area contributed by atoms with Crippen LogP contribution in [0.2, 0.25) is 0 Å². The Hall–Kier alpha value is -0.610. The molecule has 1 saturated heterocycles. The van der Waals surface area contributed by atoms with Gasteiger partial charge in [0.1, 0.15) is 6.61 Å². The molecule has 1 aliphatic heterocycles. The van der Waals surface area contributed by atoms with E-state index in [4.69, 9.17) is 9.47 Å². The number of nitrogens with zero attached hydrogens (tertiary/aromatic N) is 1. The van der Waals surface area contributed by atoms with Crippen molar-refractivity contribution in [1.82, 2.24) is 4.90 Å². The van der Waals surface area contributed by atoms with E-state index < -0.39 is 0 Å². The first kappa shape index (κ1) is 15.8. The summed E-state index contributed by atoms with van der Waals surface area (Å²) in [5.74, 6) is 0.880. The summed E-state index contributed by atoms with van der Waals surface area (Å²) < 4.78 is 11.2. The second kappa shape index (κ2) is 7.41. The second-order valence-corrected chi connectivity index (χ2v) is 6.52. The molecule has 0 aromatic rings. The van der Waals surface area contributed by atoms with Gasteiger partial charge in [-0.2, -0.15) is 0 Å². The SMILES string of the molecule is COC1CCN(C(=O)COC2CCCC(C)C2)C(C)C1. The molecule has 2 fully saturated rings. The summed E-state index contributed by atoms with van der Waals surface area (Å²) in [4.78, 5) is 14.2. The van der Waals surface area contributed by atoms with E-state index in [-0.39, 0.29) is 24.7 Å². The van der Waals surface area contributed by atoms with Gasteiger partial charge in [0.25, 0.3) is 0 Å². The third-order valence-electron chi connectivity index (χ3n) is 4.81. The van der Waals surface area contributed by atoms with Gasteiger partial charge in [0.15, 0.2) is 0 Å². The molecule has 1 aliphatic carbocycles. The van der Waals surface area contributed by atoms with E-state index in [9.17, 15) is 4.79 Å². The van der Waals surface area contributed by atoms with E-state index in [0.29, 0.717) is 6.10 Å². The largest absolute Gasteiger partial charge is 0.381 e. The van der Waals surface area contributed by atoms with Crippen LogP contribution in [0.1, 0.15) is 52.4 Å². The third-order valence-corrected chi connectivity index (χ3v) is 4.81. The van der Waals surface area contributed by atoms with Gasteiger partial charge in [-0.05, 0) is 38.5 Å². The number of amides is 1. The summed E-state index contributed by atoms with van der Waals surface area (Å²) in [5.41, 5.74) is 0. The van der Waals surface area contributed by atoms with Gasteiger partial charge in [0, 0.05) is 19.7 Å². The average molecular weight is 283 g/mol. The number of ether oxygens (including phenoxy) is 2. The smallest absolute Gasteiger partial charge is 0.248 e. The fraction of sp³-hybridized carbons (Fsp3) is 0.938. The number of carbonyl (C=O) groups is 1. The normalized spacial score (nSPS) is 35.0. The van der Waals surface area contributed by atoms with Crippen LogP contribution in [0.5, 0.6) is 0 Å². The maximum atomic E-state index is 12.3. The predicted octanol–water partition coefficient (Wildman–Crippen LogP) is 2.61. The summed E-state index contributed by atoms with van der Waals surface area (Å²) >= 11 is 0. The first-order chi connectivity index (χ1) is 9.60. The van der Waals surface area contributed by atoms with Crippen molar-refractivity contribution in [2.45, 2.75) is 70.6 Å². The highest BCUT2D eigenvalue weighted by molar-refractivity contribution is 5.77. The molecule has 0 aromatic heterocycles. The summed E-state index contributed by atoms with van der Waals surface area (Å²) in [6.45, 7) is 5.42. The Kier molecular flexibility index (Phi) is 5.85. The Morgan fingerprint density at radius 1 is 1.15 bits per heavy atom. The zero-order chi connectivity index (χ0) is 14.5. The van der Waals surface area contributed by atoms with Crippen molar-refractivity contribution in [3.8, 4) is 0 Å². The number of piperidine rings is 1. The standard InChI is InChI=1S/C16H29NO3/c1-12-5-4-6-15(9-12)20-11-16(18)17-8-7-14(19-3)10-13(17)2/h12-15H,4-11H2,1-3H3. The topological polar surface area (TPSA) is 38.8 Å². The third kappa shape index (κ3) is 4.19. The lowest BCUT2D eigenvalue weighted by atomic mass is 9.89. The Bertz CT molecular complexity index is 321. The van der Waals surface area contributed by atoms with E-state index in [1.165, 1.54) is 12.8 Å². The molecule has 4 nitrogen and oxygen atoms in total. The molecule has 0 radical (unpaired) electrons. The van der Waals surface area contributed by atoms with Gasteiger partial charge >= 0.3 is 0 Å². The number of methoxy groups -OCH3 is 1. The van der Waals surface area contributed by atoms with E-state index in [2.05, 4.69) is 13.8 Å². The van der Waals surface area contributed by atoms with Crippen LogP contribution in [0.4, 0.5) is 0 Å². The first-order valence-corrected chi connectivity index (χ1v) is 8.04. The lowest BCUT2D eigenvalue weighted by Crippen LogP contribution is -2.48. The average Bonchev–Trinajstić information content (AvgIpc) is 2.44. The van der Waals surface area contributed by atoms with Crippen molar-refractivity contribution in [2.75, 3.05) is 20.3 Å². The molecule has 0 N–H and O–H groups in total. The molecule has 0 bridgehead atoms. The van der Waals surface area contributed by atoms with Crippen LogP contribution in [0.15, 0.2) is 0 Å². The van der Waals surface area contributed by atoms with E-state index >= 15 is 0 Å². The predicted molar refractivity (Wildman–Crippen MR) is 78.6 cm³/mol. The fourth-order valence-corrected chi connectivity index (χ4v) is 3.52. The molecule has 1 saturated carbocycles. The second-order valence-electron chi connectivity index (χ2n) is 6.52. The van der Waals surface area contributed by atoms with Crippen molar-refractivity contribution >= 4 is 5.91 Å². The molecule has 0 spiro atoms. The van der Waals surface area contributed by atoms with Gasteiger partial charge in [-0.15, -0.1) is 0 Å². The van der Waals surface area contributed by atoms with Crippen molar-refractivity contribution < 1.29 is 14.3 Å². The lowest BCUT2D eigenvalue weighted by molar-refractivity contribution is -0.144. The molecule has 1 heterocycles. The van der Waals surface area contributed by atoms with Gasteiger partial charge in [-0.3, -0.25) is 4.79 Å². The molecule has 116 valence electrons. The molecular formula is C16H29NO3. The van der Waals surface area contributed by atoms with Crippen LogP contribution in [0.3, 0.4) is 0 Å². The highest BCUT2D eigenvalue weighted by Crippen LogP contribution is 2.26. The summed E-state index contributed by atoms with van der Waals surface area (Å²) in [7, 11) is 1.75. The summed E-state index contributed by atoms with van der Waals surface area (Å²) in [5, 5.41) is 0. The highest BCUT2D eigenvalue weighted by Gasteiger charge is 2.29. The van der Waals surface area contributed by atoms with Crippen molar-refractivity contribution in [3.63, 3.8) is 0 Å². The van der Waals surface area contributed by atoms with E-state index in [1.807, 2.05) is 4.90 Å². The maximum absolute atomic E-state index is 12.3. The molecule has 4 atom stereocenters. The molecule has 4 heteroatoms. The minimum atomic E-state index is 0.144. The number of hydrogen-bond acceptors (Lipinski definition) is 3. The van der Waals surface area contributed by atoms with Crippen LogP contribution in [0, 0.1) is 5.92 Å². The molecule has 20 heavy (non-hydrogen) atoms. The van der Waals surface area contributed by atoms with Gasteiger partial charge in [-0.1, -0.05) is 19.8 Å². The Morgan fingerprint density at radius 2 is 1.95 bits per heavy atom. The Morgan fingerprint density at radius 3 is 2.60 bits per heavy atom. The lowest BCUT2D eigenvalue weighted by Gasteiger charge is -2.37. The maximum Gasteiger partial charge on any atom is 0.248 e. The molecule has 2 aliphatic rings. The molecule has 4 unspecified atom stereocenters. The number of rotatable bonds is 4. The van der Waals surface area contributed by atoms with Gasteiger partial charge in [0.05, 0.1) is 12.2 Å². The van der Waals surface area contributed by atoms with Crippen molar-refractivity contribution in [3.05, 3.63) is 0 Å². The fourth-order valence-electron chi connectivity index (χ4n) is 3.52. The minimum absolute atomic E-state index is 0.144. The molecule has 2 rings (SSSR count). The van der Waals surface area contributed by atoms with Crippen LogP contribution in [-0.4, -0.2) is 49.3 Å². The monoisotopic (exact) mass is 283 g/mol. The first-order valence-electron chi connectivity index (χ1n) is 8.04. The quantitative estimate of drug-likeness (QED) is 0.796. The van der Waals surface area contributed by atoms with Gasteiger partial charge in [0.2, 0.25) is 5.91 Å².